The van der Waals surface area contributed by atoms with Crippen LogP contribution in [0.25, 0.3) is 0 Å². The lowest BCUT2D eigenvalue weighted by molar-refractivity contribution is 0.101. The first kappa shape index (κ1) is 28.9. The molecule has 41 heavy (non-hydrogen) atoms. The maximum atomic E-state index is 14.4. The van der Waals surface area contributed by atoms with E-state index in [2.05, 4.69) is 22.6 Å². The number of ether oxygens (including phenoxy) is 2. The van der Waals surface area contributed by atoms with E-state index in [0.29, 0.717) is 49.0 Å². The molecule has 2 N–H and O–H groups in total. The van der Waals surface area contributed by atoms with Crippen LogP contribution < -0.4 is 20.3 Å². The fourth-order valence-corrected chi connectivity index (χ4v) is 5.21. The highest BCUT2D eigenvalue weighted by atomic mass is 35.5. The number of anilines is 3. The van der Waals surface area contributed by atoms with Crippen LogP contribution in [-0.2, 0) is 4.74 Å². The number of rotatable bonds is 7. The molecule has 0 bridgehead atoms. The molecule has 2 amide bonds. The molecule has 0 radical (unpaired) electrons. The number of halogens is 2. The molecule has 5 rings (SSSR count). The van der Waals surface area contributed by atoms with E-state index in [1.165, 1.54) is 18.2 Å². The van der Waals surface area contributed by atoms with Crippen molar-refractivity contribution >= 4 is 40.5 Å². The molecular formula is C31H34ClFN4O4. The third-order valence-electron chi connectivity index (χ3n) is 7.29. The molecule has 1 unspecified atom stereocenters. The summed E-state index contributed by atoms with van der Waals surface area (Å²) in [6.45, 7) is 4.44. The molecule has 2 aliphatic rings. The van der Waals surface area contributed by atoms with E-state index in [-0.39, 0.29) is 28.3 Å². The van der Waals surface area contributed by atoms with Gasteiger partial charge in [0.15, 0.2) is 0 Å². The zero-order valence-corrected chi connectivity index (χ0v) is 23.8. The Hall–Kier alpha value is -3.66. The second-order valence-electron chi connectivity index (χ2n) is 10.4. The molecular weight excluding hydrogens is 547 g/mol. The zero-order chi connectivity index (χ0) is 28.8. The van der Waals surface area contributed by atoms with Crippen molar-refractivity contribution in [2.45, 2.75) is 25.4 Å². The summed E-state index contributed by atoms with van der Waals surface area (Å²) in [4.78, 5) is 30.5. The van der Waals surface area contributed by atoms with Crippen molar-refractivity contribution in [3.63, 3.8) is 0 Å². The lowest BCUT2D eigenvalue weighted by Crippen LogP contribution is -2.36. The Labute approximate surface area is 244 Å². The maximum absolute atomic E-state index is 14.4. The van der Waals surface area contributed by atoms with Gasteiger partial charge in [0.2, 0.25) is 0 Å². The second-order valence-corrected chi connectivity index (χ2v) is 10.8. The predicted octanol–water partition coefficient (Wildman–Crippen LogP) is 5.68. The number of morpholine rings is 1. The summed E-state index contributed by atoms with van der Waals surface area (Å²) in [7, 11) is 2.11. The minimum absolute atomic E-state index is 0.103. The number of hydrogen-bond donors (Lipinski definition) is 2. The lowest BCUT2D eigenvalue weighted by atomic mass is 10.1. The quantitative estimate of drug-likeness (QED) is 0.374. The number of benzene rings is 3. The van der Waals surface area contributed by atoms with E-state index in [1.807, 2.05) is 11.0 Å². The van der Waals surface area contributed by atoms with E-state index in [1.54, 1.807) is 36.4 Å². The van der Waals surface area contributed by atoms with Crippen molar-refractivity contribution in [3.8, 4) is 5.75 Å². The smallest absolute Gasteiger partial charge is 0.255 e. The number of nitrogens with one attached hydrogen (secondary N) is 2. The Balaban J connectivity index is 1.25. The van der Waals surface area contributed by atoms with Crippen LogP contribution >= 0.6 is 11.6 Å². The van der Waals surface area contributed by atoms with Gasteiger partial charge in [-0.1, -0.05) is 17.7 Å². The highest BCUT2D eigenvalue weighted by molar-refractivity contribution is 6.34. The Morgan fingerprint density at radius 2 is 1.71 bits per heavy atom. The summed E-state index contributed by atoms with van der Waals surface area (Å²) in [5.74, 6) is -0.653. The van der Waals surface area contributed by atoms with E-state index >= 15 is 0 Å². The van der Waals surface area contributed by atoms with Crippen molar-refractivity contribution in [1.29, 1.82) is 0 Å². The SMILES string of the molecule is CN1CCCC(Oc2cccc(C(=O)Nc3cc(C(=O)Nc4cc(F)cc(N5CCOCC5)c4)ccc3Cl)c2)CC1. The van der Waals surface area contributed by atoms with Gasteiger partial charge in [-0.15, -0.1) is 0 Å². The van der Waals surface area contributed by atoms with Crippen LogP contribution in [0.5, 0.6) is 5.75 Å². The van der Waals surface area contributed by atoms with Crippen LogP contribution in [0.4, 0.5) is 21.5 Å². The number of carbonyl (C=O) groups excluding carboxylic acids is 2. The highest BCUT2D eigenvalue weighted by Gasteiger charge is 2.18. The molecule has 3 aromatic carbocycles. The highest BCUT2D eigenvalue weighted by Crippen LogP contribution is 2.27. The third-order valence-corrected chi connectivity index (χ3v) is 7.62. The Morgan fingerprint density at radius 3 is 2.54 bits per heavy atom. The maximum Gasteiger partial charge on any atom is 0.255 e. The first-order chi connectivity index (χ1) is 19.8. The van der Waals surface area contributed by atoms with Gasteiger partial charge in [0.25, 0.3) is 11.8 Å². The van der Waals surface area contributed by atoms with Gasteiger partial charge in [0, 0.05) is 42.1 Å². The average molecular weight is 581 g/mol. The summed E-state index contributed by atoms with van der Waals surface area (Å²) in [6, 6.07) is 16.1. The number of likely N-dealkylation sites (tertiary alicyclic amines) is 1. The minimum Gasteiger partial charge on any atom is -0.490 e. The summed E-state index contributed by atoms with van der Waals surface area (Å²) >= 11 is 6.37. The third kappa shape index (κ3) is 7.75. The van der Waals surface area contributed by atoms with Gasteiger partial charge >= 0.3 is 0 Å². The number of carbonyl (C=O) groups is 2. The zero-order valence-electron chi connectivity index (χ0n) is 23.0. The number of nitrogens with zero attached hydrogens (tertiary/aromatic N) is 2. The topological polar surface area (TPSA) is 83.1 Å². The van der Waals surface area contributed by atoms with Gasteiger partial charge in [-0.2, -0.15) is 0 Å². The van der Waals surface area contributed by atoms with Crippen LogP contribution in [0, 0.1) is 5.82 Å². The number of hydrogen-bond acceptors (Lipinski definition) is 6. The van der Waals surface area contributed by atoms with Crippen molar-refractivity contribution < 1.29 is 23.5 Å². The van der Waals surface area contributed by atoms with E-state index < -0.39 is 11.7 Å². The molecule has 2 heterocycles. The van der Waals surface area contributed by atoms with Crippen LogP contribution in [0.2, 0.25) is 5.02 Å². The second kappa shape index (κ2) is 13.3. The molecule has 10 heteroatoms. The molecule has 8 nitrogen and oxygen atoms in total. The van der Waals surface area contributed by atoms with Gasteiger partial charge in [0.05, 0.1) is 30.0 Å². The molecule has 2 saturated heterocycles. The van der Waals surface area contributed by atoms with Gasteiger partial charge < -0.3 is 29.9 Å². The summed E-state index contributed by atoms with van der Waals surface area (Å²) in [5.41, 5.74) is 1.96. The van der Waals surface area contributed by atoms with Crippen molar-refractivity contribution in [3.05, 3.63) is 82.6 Å². The van der Waals surface area contributed by atoms with Gasteiger partial charge in [0.1, 0.15) is 11.6 Å². The molecule has 216 valence electrons. The largest absolute Gasteiger partial charge is 0.490 e. The van der Waals surface area contributed by atoms with Crippen molar-refractivity contribution in [2.75, 3.05) is 62.0 Å². The molecule has 1 atom stereocenters. The normalized spacial score (nSPS) is 17.9. The number of amides is 2. The Morgan fingerprint density at radius 1 is 0.927 bits per heavy atom. The van der Waals surface area contributed by atoms with E-state index in [4.69, 9.17) is 21.1 Å². The standard InChI is InChI=1S/C31H34ClFN4O4/c1-36-10-3-6-26(9-11-36)41-27-5-2-4-21(16-27)31(39)35-29-17-22(7-8-28(29)32)30(38)34-24-18-23(33)19-25(20-24)37-12-14-40-15-13-37/h2,4-5,7-8,16-20,26H,3,6,9-15H2,1H3,(H,34,38)(H,35,39). The Kier molecular flexibility index (Phi) is 9.38. The molecule has 0 spiro atoms. The first-order valence-corrected chi connectivity index (χ1v) is 14.2. The molecule has 2 aliphatic heterocycles. The van der Waals surface area contributed by atoms with Gasteiger partial charge in [-0.3, -0.25) is 9.59 Å². The van der Waals surface area contributed by atoms with Crippen LogP contribution in [-0.4, -0.2) is 69.3 Å². The molecule has 0 saturated carbocycles. The summed E-state index contributed by atoms with van der Waals surface area (Å²) in [6.07, 6.45) is 3.07. The predicted molar refractivity (Wildman–Crippen MR) is 159 cm³/mol. The summed E-state index contributed by atoms with van der Waals surface area (Å²) < 4.78 is 25.9. The Bertz CT molecular complexity index is 1400. The fourth-order valence-electron chi connectivity index (χ4n) is 5.04. The van der Waals surface area contributed by atoms with E-state index in [9.17, 15) is 14.0 Å². The van der Waals surface area contributed by atoms with Gasteiger partial charge in [-0.05, 0) is 87.5 Å². The van der Waals surface area contributed by atoms with Crippen molar-refractivity contribution in [1.82, 2.24) is 4.90 Å². The fraction of sp³-hybridized carbons (Fsp3) is 0.355. The minimum atomic E-state index is -0.458. The summed E-state index contributed by atoms with van der Waals surface area (Å²) in [5, 5.41) is 5.84. The van der Waals surface area contributed by atoms with Crippen molar-refractivity contribution in [2.24, 2.45) is 0 Å². The lowest BCUT2D eigenvalue weighted by Gasteiger charge is -2.29. The molecule has 0 aromatic heterocycles. The van der Waals surface area contributed by atoms with Crippen LogP contribution in [0.3, 0.4) is 0 Å². The molecule has 3 aromatic rings. The van der Waals surface area contributed by atoms with Crippen LogP contribution in [0.15, 0.2) is 60.7 Å². The van der Waals surface area contributed by atoms with Gasteiger partial charge in [-0.25, -0.2) is 4.39 Å². The van der Waals surface area contributed by atoms with E-state index in [0.717, 1.165) is 32.4 Å². The molecule has 0 aliphatic carbocycles. The first-order valence-electron chi connectivity index (χ1n) is 13.8. The van der Waals surface area contributed by atoms with Crippen LogP contribution in [0.1, 0.15) is 40.0 Å². The average Bonchev–Trinajstić information content (AvgIpc) is 3.18. The molecule has 2 fully saturated rings. The monoisotopic (exact) mass is 580 g/mol.